The number of carbonyl (C=O) groups excluding carboxylic acids is 1. The highest BCUT2D eigenvalue weighted by Crippen LogP contribution is 2.08. The van der Waals surface area contributed by atoms with Crippen LogP contribution in [0.5, 0.6) is 0 Å². The number of carbonyl (C=O) groups is 1. The third-order valence-corrected chi connectivity index (χ3v) is 2.09. The first-order valence-corrected chi connectivity index (χ1v) is 4.77. The third-order valence-electron chi connectivity index (χ3n) is 2.09. The quantitative estimate of drug-likeness (QED) is 0.630. The number of aliphatic hydroxyl groups is 1. The minimum absolute atomic E-state index is 0.00926. The molecule has 0 aromatic heterocycles. The summed E-state index contributed by atoms with van der Waals surface area (Å²) in [7, 11) is 0. The van der Waals surface area contributed by atoms with Crippen LogP contribution in [0.15, 0.2) is 0 Å². The fraction of sp³-hybridized carbons (Fsp3) is 0.889. The van der Waals surface area contributed by atoms with E-state index in [4.69, 9.17) is 4.74 Å². The van der Waals surface area contributed by atoms with E-state index < -0.39 is 0 Å². The van der Waals surface area contributed by atoms with Crippen molar-refractivity contribution in [2.24, 2.45) is 0 Å². The van der Waals surface area contributed by atoms with Gasteiger partial charge in [-0.25, -0.2) is 0 Å². The van der Waals surface area contributed by atoms with E-state index >= 15 is 0 Å². The largest absolute Gasteiger partial charge is 0.391 e. The number of amides is 1. The molecule has 0 aromatic rings. The Morgan fingerprint density at radius 1 is 1.69 bits per heavy atom. The molecule has 0 radical (unpaired) electrons. The van der Waals surface area contributed by atoms with Gasteiger partial charge in [-0.2, -0.15) is 0 Å². The number of nitrogens with zero attached hydrogens (tertiary/aromatic N) is 1. The van der Waals surface area contributed by atoms with Crippen LogP contribution in [0.2, 0.25) is 0 Å². The SMILES string of the molecule is CCCOCC(=O)N1CC[C@@H](O)C1. The average molecular weight is 187 g/mol. The van der Waals surface area contributed by atoms with Gasteiger partial charge in [-0.05, 0) is 12.8 Å². The van der Waals surface area contributed by atoms with Gasteiger partial charge in [0.1, 0.15) is 6.61 Å². The van der Waals surface area contributed by atoms with Gasteiger partial charge in [-0.3, -0.25) is 4.79 Å². The lowest BCUT2D eigenvalue weighted by Gasteiger charge is -2.14. The van der Waals surface area contributed by atoms with E-state index in [9.17, 15) is 9.90 Å². The number of ether oxygens (including phenoxy) is 1. The number of β-amino-alcohol motifs (C(OH)–C–C–N with tert-alkyl or cyclic N) is 1. The van der Waals surface area contributed by atoms with Gasteiger partial charge >= 0.3 is 0 Å². The fourth-order valence-electron chi connectivity index (χ4n) is 1.36. The molecule has 0 aliphatic carbocycles. The molecule has 0 saturated carbocycles. The van der Waals surface area contributed by atoms with Gasteiger partial charge in [0.05, 0.1) is 6.10 Å². The second-order valence-electron chi connectivity index (χ2n) is 3.33. The Labute approximate surface area is 78.5 Å². The van der Waals surface area contributed by atoms with Crippen molar-refractivity contribution >= 4 is 5.91 Å². The number of rotatable bonds is 4. The van der Waals surface area contributed by atoms with Gasteiger partial charge in [-0.15, -0.1) is 0 Å². The maximum Gasteiger partial charge on any atom is 0.248 e. The zero-order valence-corrected chi connectivity index (χ0v) is 8.03. The predicted molar refractivity (Wildman–Crippen MR) is 48.3 cm³/mol. The van der Waals surface area contributed by atoms with Gasteiger partial charge in [0.25, 0.3) is 0 Å². The van der Waals surface area contributed by atoms with Crippen LogP contribution in [0.4, 0.5) is 0 Å². The van der Waals surface area contributed by atoms with E-state index in [0.717, 1.165) is 6.42 Å². The molecule has 76 valence electrons. The predicted octanol–water partition coefficient (Wildman–Crippen LogP) is 0.00620. The summed E-state index contributed by atoms with van der Waals surface area (Å²) in [6.45, 7) is 3.91. The molecule has 1 aliphatic rings. The molecule has 1 N–H and O–H groups in total. The number of hydrogen-bond donors (Lipinski definition) is 1. The molecule has 1 amide bonds. The van der Waals surface area contributed by atoms with E-state index in [1.54, 1.807) is 4.90 Å². The van der Waals surface area contributed by atoms with E-state index in [0.29, 0.717) is 26.1 Å². The zero-order chi connectivity index (χ0) is 9.68. The van der Waals surface area contributed by atoms with Crippen LogP contribution in [0.25, 0.3) is 0 Å². The summed E-state index contributed by atoms with van der Waals surface area (Å²) in [6, 6.07) is 0. The molecule has 4 nitrogen and oxygen atoms in total. The summed E-state index contributed by atoms with van der Waals surface area (Å²) in [6.07, 6.45) is 1.28. The first-order chi connectivity index (χ1) is 6.24. The normalized spacial score (nSPS) is 22.3. The summed E-state index contributed by atoms with van der Waals surface area (Å²) in [4.78, 5) is 13.0. The van der Waals surface area contributed by atoms with Gasteiger partial charge in [0.2, 0.25) is 5.91 Å². The summed E-state index contributed by atoms with van der Waals surface area (Å²) in [5.74, 6) is -0.00926. The van der Waals surface area contributed by atoms with Gasteiger partial charge < -0.3 is 14.7 Å². The van der Waals surface area contributed by atoms with E-state index in [2.05, 4.69) is 0 Å². The Balaban J connectivity index is 2.16. The standard InChI is InChI=1S/C9H17NO3/c1-2-5-13-7-9(12)10-4-3-8(11)6-10/h8,11H,2-7H2,1H3/t8-/m1/s1. The number of hydrogen-bond acceptors (Lipinski definition) is 3. The van der Waals surface area contributed by atoms with Crippen LogP contribution in [-0.4, -0.2) is 48.3 Å². The molecule has 4 heteroatoms. The molecule has 0 spiro atoms. The highest BCUT2D eigenvalue weighted by atomic mass is 16.5. The zero-order valence-electron chi connectivity index (χ0n) is 8.03. The molecule has 1 heterocycles. The van der Waals surface area contributed by atoms with Crippen molar-refractivity contribution in [3.05, 3.63) is 0 Å². The fourth-order valence-corrected chi connectivity index (χ4v) is 1.36. The maximum atomic E-state index is 11.4. The Morgan fingerprint density at radius 2 is 2.46 bits per heavy atom. The molecule has 0 bridgehead atoms. The second kappa shape index (κ2) is 5.19. The van der Waals surface area contributed by atoms with Crippen molar-refractivity contribution < 1.29 is 14.6 Å². The first-order valence-electron chi connectivity index (χ1n) is 4.77. The lowest BCUT2D eigenvalue weighted by Crippen LogP contribution is -2.32. The van der Waals surface area contributed by atoms with E-state index in [1.165, 1.54) is 0 Å². The minimum atomic E-state index is -0.338. The van der Waals surface area contributed by atoms with E-state index in [-0.39, 0.29) is 18.6 Å². The maximum absolute atomic E-state index is 11.4. The molecular weight excluding hydrogens is 170 g/mol. The van der Waals surface area contributed by atoms with Crippen LogP contribution in [-0.2, 0) is 9.53 Å². The van der Waals surface area contributed by atoms with Crippen molar-refractivity contribution in [2.75, 3.05) is 26.3 Å². The molecule has 0 aromatic carbocycles. The number of aliphatic hydroxyl groups excluding tert-OH is 1. The molecule has 1 fully saturated rings. The van der Waals surface area contributed by atoms with Crippen LogP contribution < -0.4 is 0 Å². The van der Waals surface area contributed by atoms with E-state index in [1.807, 2.05) is 6.92 Å². The lowest BCUT2D eigenvalue weighted by atomic mass is 10.3. The van der Waals surface area contributed by atoms with Gasteiger partial charge in [0, 0.05) is 19.7 Å². The van der Waals surface area contributed by atoms with Crippen molar-refractivity contribution in [1.82, 2.24) is 4.90 Å². The Kier molecular flexibility index (Phi) is 4.18. The molecule has 1 aliphatic heterocycles. The van der Waals surface area contributed by atoms with Crippen molar-refractivity contribution in [1.29, 1.82) is 0 Å². The topological polar surface area (TPSA) is 49.8 Å². The molecule has 1 atom stereocenters. The van der Waals surface area contributed by atoms with Crippen molar-refractivity contribution in [2.45, 2.75) is 25.9 Å². The molecular formula is C9H17NO3. The average Bonchev–Trinajstić information content (AvgIpc) is 2.52. The minimum Gasteiger partial charge on any atom is -0.391 e. The van der Waals surface area contributed by atoms with Crippen molar-refractivity contribution in [3.63, 3.8) is 0 Å². The highest BCUT2D eigenvalue weighted by Gasteiger charge is 2.23. The van der Waals surface area contributed by atoms with Gasteiger partial charge in [-0.1, -0.05) is 6.92 Å². The second-order valence-corrected chi connectivity index (χ2v) is 3.33. The lowest BCUT2D eigenvalue weighted by molar-refractivity contribution is -0.135. The smallest absolute Gasteiger partial charge is 0.248 e. The molecule has 13 heavy (non-hydrogen) atoms. The molecule has 1 saturated heterocycles. The highest BCUT2D eigenvalue weighted by molar-refractivity contribution is 5.77. The van der Waals surface area contributed by atoms with Crippen LogP contribution >= 0.6 is 0 Å². The summed E-state index contributed by atoms with van der Waals surface area (Å²) < 4.78 is 5.12. The van der Waals surface area contributed by atoms with Gasteiger partial charge in [0.15, 0.2) is 0 Å². The molecule has 0 unspecified atom stereocenters. The first kappa shape index (κ1) is 10.5. The summed E-state index contributed by atoms with van der Waals surface area (Å²) >= 11 is 0. The Hall–Kier alpha value is -0.610. The monoisotopic (exact) mass is 187 g/mol. The van der Waals surface area contributed by atoms with Crippen LogP contribution in [0, 0.1) is 0 Å². The van der Waals surface area contributed by atoms with Crippen LogP contribution in [0.1, 0.15) is 19.8 Å². The molecule has 1 rings (SSSR count). The summed E-state index contributed by atoms with van der Waals surface area (Å²) in [5, 5.41) is 9.19. The van der Waals surface area contributed by atoms with Crippen LogP contribution in [0.3, 0.4) is 0 Å². The number of likely N-dealkylation sites (tertiary alicyclic amines) is 1. The Bertz CT molecular complexity index is 172. The third kappa shape index (κ3) is 3.32. The summed E-state index contributed by atoms with van der Waals surface area (Å²) in [5.41, 5.74) is 0. The Morgan fingerprint density at radius 3 is 3.00 bits per heavy atom. The van der Waals surface area contributed by atoms with Crippen molar-refractivity contribution in [3.8, 4) is 0 Å².